The molecule has 2 N–H and O–H groups in total. The Morgan fingerprint density at radius 2 is 1.83 bits per heavy atom. The second kappa shape index (κ2) is 11.9. The molecular weight excluding hydrogens is 552 g/mol. The summed E-state index contributed by atoms with van der Waals surface area (Å²) in [5.41, 5.74) is -0.533. The van der Waals surface area contributed by atoms with Crippen LogP contribution in [-0.4, -0.2) is 77.5 Å². The van der Waals surface area contributed by atoms with E-state index in [2.05, 4.69) is 36.3 Å². The van der Waals surface area contributed by atoms with E-state index in [4.69, 9.17) is 16.3 Å². The molecule has 0 radical (unpaired) electrons. The summed E-state index contributed by atoms with van der Waals surface area (Å²) >= 11 is 6.03. The summed E-state index contributed by atoms with van der Waals surface area (Å²) in [4.78, 5) is 46.3. The van der Waals surface area contributed by atoms with Gasteiger partial charge in [0.25, 0.3) is 0 Å². The molecule has 1 aliphatic carbocycles. The molecule has 228 valence electrons. The number of ether oxygens (including phenoxy) is 1. The summed E-state index contributed by atoms with van der Waals surface area (Å²) < 4.78 is 6.53. The molecule has 8 nitrogen and oxygen atoms in total. The molecule has 5 aliphatic rings. The van der Waals surface area contributed by atoms with E-state index < -0.39 is 29.6 Å². The van der Waals surface area contributed by atoms with E-state index in [1.807, 2.05) is 12.2 Å². The van der Waals surface area contributed by atoms with Gasteiger partial charge >= 0.3 is 0 Å². The summed E-state index contributed by atoms with van der Waals surface area (Å²) in [6.07, 6.45) is 9.64. The molecule has 42 heavy (non-hydrogen) atoms. The van der Waals surface area contributed by atoms with Crippen molar-refractivity contribution in [2.45, 2.75) is 83.1 Å². The van der Waals surface area contributed by atoms with Crippen LogP contribution in [0.25, 0.3) is 0 Å². The van der Waals surface area contributed by atoms with E-state index >= 15 is 0 Å². The van der Waals surface area contributed by atoms with Gasteiger partial charge in [-0.1, -0.05) is 57.4 Å². The lowest BCUT2D eigenvalue weighted by Gasteiger charge is -2.38. The standard InChI is InChI=1S/C33H45ClN4O4/c1-20-7-5-16-37(19-20)17-6-18-38-29(31(40)36-25-9-4-8-21(2)22(25)3)33-15-14-26(42-33)27(28(33)32(38)41)30(39)35-24-12-10-23(34)11-13-24/h10-15,20-22,25-29H,4-9,16-19H2,1-3H3,(H,35,39)(H,36,40)/t20-,21+,22+,25-,26+,27-,28+,29+,33+/m1/s1. The van der Waals surface area contributed by atoms with Gasteiger partial charge in [-0.15, -0.1) is 0 Å². The van der Waals surface area contributed by atoms with Gasteiger partial charge in [0.2, 0.25) is 17.7 Å². The van der Waals surface area contributed by atoms with Gasteiger partial charge in [0.1, 0.15) is 11.6 Å². The van der Waals surface area contributed by atoms with Crippen LogP contribution in [0.3, 0.4) is 0 Å². The molecule has 1 saturated carbocycles. The molecule has 4 aliphatic heterocycles. The van der Waals surface area contributed by atoms with Crippen LogP contribution < -0.4 is 10.6 Å². The van der Waals surface area contributed by atoms with Crippen molar-refractivity contribution in [2.24, 2.45) is 29.6 Å². The Labute approximate surface area is 254 Å². The van der Waals surface area contributed by atoms with Crippen molar-refractivity contribution in [1.29, 1.82) is 0 Å². The number of nitrogens with zero attached hydrogens (tertiary/aromatic N) is 2. The molecule has 0 unspecified atom stereocenters. The molecule has 6 rings (SSSR count). The number of hydrogen-bond donors (Lipinski definition) is 2. The lowest BCUT2D eigenvalue weighted by Crippen LogP contribution is -2.58. The molecule has 3 saturated heterocycles. The molecule has 9 atom stereocenters. The fraction of sp³-hybridized carbons (Fsp3) is 0.667. The Balaban J connectivity index is 1.24. The van der Waals surface area contributed by atoms with Gasteiger partial charge in [0.15, 0.2) is 0 Å². The second-order valence-electron chi connectivity index (χ2n) is 13.5. The molecule has 4 heterocycles. The molecule has 1 spiro atoms. The maximum absolute atomic E-state index is 14.3. The first-order valence-electron chi connectivity index (χ1n) is 15.9. The highest BCUT2D eigenvalue weighted by molar-refractivity contribution is 6.30. The van der Waals surface area contributed by atoms with Gasteiger partial charge < -0.3 is 25.2 Å². The van der Waals surface area contributed by atoms with E-state index in [0.29, 0.717) is 35.0 Å². The number of likely N-dealkylation sites (tertiary alicyclic amines) is 2. The molecule has 1 aromatic rings. The number of nitrogens with one attached hydrogen (secondary N) is 2. The van der Waals surface area contributed by atoms with Crippen molar-refractivity contribution in [3.8, 4) is 0 Å². The Kier molecular flexibility index (Phi) is 8.42. The van der Waals surface area contributed by atoms with Gasteiger partial charge in [-0.05, 0) is 80.8 Å². The first-order chi connectivity index (χ1) is 20.2. The molecule has 0 aromatic heterocycles. The Morgan fingerprint density at radius 1 is 1.05 bits per heavy atom. The second-order valence-corrected chi connectivity index (χ2v) is 13.9. The SMILES string of the molecule is C[C@@H]1CCCN(CCCN2C(=O)[C@@H]3[C@H](C(=O)Nc4ccc(Cl)cc4)[C@@H]4C=C[C@@]3(O4)[C@@H]2C(=O)N[C@@H]2CCC[C@H](C)[C@@H]2C)C1. The lowest BCUT2D eigenvalue weighted by molar-refractivity contribution is -0.141. The van der Waals surface area contributed by atoms with Gasteiger partial charge in [-0.25, -0.2) is 0 Å². The van der Waals surface area contributed by atoms with Crippen LogP contribution in [0, 0.1) is 29.6 Å². The van der Waals surface area contributed by atoms with Gasteiger partial charge in [0, 0.05) is 29.8 Å². The Morgan fingerprint density at radius 3 is 2.60 bits per heavy atom. The predicted octanol–water partition coefficient (Wildman–Crippen LogP) is 4.49. The molecule has 9 heteroatoms. The Bertz CT molecular complexity index is 1220. The lowest BCUT2D eigenvalue weighted by atomic mass is 9.73. The Hall–Kier alpha value is -2.42. The monoisotopic (exact) mass is 596 g/mol. The maximum atomic E-state index is 14.3. The van der Waals surface area contributed by atoms with Gasteiger partial charge in [-0.2, -0.15) is 0 Å². The largest absolute Gasteiger partial charge is 0.359 e. The van der Waals surface area contributed by atoms with Crippen LogP contribution in [0.4, 0.5) is 5.69 Å². The number of piperidine rings is 1. The number of amides is 3. The van der Waals surface area contributed by atoms with Crippen molar-refractivity contribution in [3.63, 3.8) is 0 Å². The van der Waals surface area contributed by atoms with Crippen molar-refractivity contribution in [2.75, 3.05) is 31.5 Å². The third-order valence-corrected chi connectivity index (χ3v) is 10.9. The van der Waals surface area contributed by atoms with E-state index in [0.717, 1.165) is 38.9 Å². The number of anilines is 1. The molecule has 1 aromatic carbocycles. The highest BCUT2D eigenvalue weighted by Gasteiger charge is 2.72. The average molecular weight is 597 g/mol. The molecular formula is C33H45ClN4O4. The normalized spacial score (nSPS) is 37.6. The van der Waals surface area contributed by atoms with Gasteiger partial charge in [-0.3, -0.25) is 14.4 Å². The third-order valence-electron chi connectivity index (χ3n) is 10.7. The number of fused-ring (bicyclic) bond motifs is 1. The van der Waals surface area contributed by atoms with Crippen LogP contribution in [0.15, 0.2) is 36.4 Å². The van der Waals surface area contributed by atoms with Crippen molar-refractivity contribution in [1.82, 2.24) is 15.1 Å². The highest BCUT2D eigenvalue weighted by Crippen LogP contribution is 2.55. The smallest absolute Gasteiger partial charge is 0.246 e. The number of hydrogen-bond acceptors (Lipinski definition) is 5. The molecule has 4 fully saturated rings. The van der Waals surface area contributed by atoms with Crippen LogP contribution >= 0.6 is 11.6 Å². The molecule has 2 bridgehead atoms. The number of carbonyl (C=O) groups is 3. The van der Waals surface area contributed by atoms with Crippen LogP contribution in [0.1, 0.15) is 59.3 Å². The quantitative estimate of drug-likeness (QED) is 0.432. The third kappa shape index (κ3) is 5.39. The fourth-order valence-corrected chi connectivity index (χ4v) is 8.39. The maximum Gasteiger partial charge on any atom is 0.246 e. The topological polar surface area (TPSA) is 91.0 Å². The minimum absolute atomic E-state index is 0.0649. The van der Waals surface area contributed by atoms with Crippen molar-refractivity contribution >= 4 is 35.0 Å². The van der Waals surface area contributed by atoms with E-state index in [-0.39, 0.29) is 23.8 Å². The summed E-state index contributed by atoms with van der Waals surface area (Å²) in [5.74, 6) is -0.478. The van der Waals surface area contributed by atoms with Gasteiger partial charge in [0.05, 0.1) is 17.9 Å². The van der Waals surface area contributed by atoms with Crippen molar-refractivity contribution < 1.29 is 19.1 Å². The van der Waals surface area contributed by atoms with Crippen LogP contribution in [0.5, 0.6) is 0 Å². The van der Waals surface area contributed by atoms with E-state index in [9.17, 15) is 14.4 Å². The number of benzene rings is 1. The summed E-state index contributed by atoms with van der Waals surface area (Å²) in [7, 11) is 0. The zero-order valence-corrected chi connectivity index (χ0v) is 25.8. The number of carbonyl (C=O) groups excluding carboxylic acids is 3. The summed E-state index contributed by atoms with van der Waals surface area (Å²) in [5, 5.41) is 6.89. The number of rotatable bonds is 8. The zero-order valence-electron chi connectivity index (χ0n) is 25.1. The highest BCUT2D eigenvalue weighted by atomic mass is 35.5. The zero-order chi connectivity index (χ0) is 29.6. The van der Waals surface area contributed by atoms with Crippen LogP contribution in [-0.2, 0) is 19.1 Å². The average Bonchev–Trinajstić information content (AvgIpc) is 3.60. The predicted molar refractivity (Wildman–Crippen MR) is 163 cm³/mol. The minimum Gasteiger partial charge on any atom is -0.359 e. The first kappa shape index (κ1) is 29.6. The van der Waals surface area contributed by atoms with E-state index in [1.54, 1.807) is 29.2 Å². The number of halogens is 1. The van der Waals surface area contributed by atoms with Crippen molar-refractivity contribution in [3.05, 3.63) is 41.4 Å². The summed E-state index contributed by atoms with van der Waals surface area (Å²) in [6, 6.07) is 6.19. The first-order valence-corrected chi connectivity index (χ1v) is 16.3. The fourth-order valence-electron chi connectivity index (χ4n) is 8.27. The summed E-state index contributed by atoms with van der Waals surface area (Å²) in [6.45, 7) is 10.2. The van der Waals surface area contributed by atoms with Crippen LogP contribution in [0.2, 0.25) is 5.02 Å². The van der Waals surface area contributed by atoms with E-state index in [1.165, 1.54) is 19.3 Å². The minimum atomic E-state index is -1.14. The molecule has 3 amide bonds.